The minimum atomic E-state index is -1.22. The lowest BCUT2D eigenvalue weighted by Gasteiger charge is -2.29. The van der Waals surface area contributed by atoms with E-state index in [2.05, 4.69) is 4.98 Å². The van der Waals surface area contributed by atoms with Gasteiger partial charge in [0, 0.05) is 18.2 Å². The van der Waals surface area contributed by atoms with Gasteiger partial charge in [0.05, 0.1) is 11.1 Å². The molecule has 34 heavy (non-hydrogen) atoms. The normalized spacial score (nSPS) is 21.7. The smallest absolute Gasteiger partial charge is 0.338 e. The topological polar surface area (TPSA) is 117 Å². The van der Waals surface area contributed by atoms with E-state index in [4.69, 9.17) is 14.2 Å². The lowest BCUT2D eigenvalue weighted by molar-refractivity contribution is -0.0877. The first-order chi connectivity index (χ1) is 16.3. The standard InChI is InChI=1S/C25H24N2O7/c1-16-14-27(24(31)26-21(16)28)20-13-25(2,34-23(30)18-11-7-4-8-12-18)19(33-20)15-32-22(29)17-9-5-3-6-10-17/h3-12,14,19-20H,13,15H2,1-2H3,(H,26,28,31)/t19-,20-,25+/m1/s1. The molecular weight excluding hydrogens is 440 g/mol. The lowest BCUT2D eigenvalue weighted by Crippen LogP contribution is -2.43. The maximum atomic E-state index is 12.8. The van der Waals surface area contributed by atoms with Crippen LogP contribution in [0.5, 0.6) is 0 Å². The average Bonchev–Trinajstić information content (AvgIpc) is 3.16. The SMILES string of the molecule is Cc1cn([C@H]2C[C@](C)(OC(=O)c3ccccc3)[C@@H](COC(=O)c3ccccc3)O2)c(=O)[nH]c1=O. The molecule has 3 atom stereocenters. The van der Waals surface area contributed by atoms with Gasteiger partial charge in [-0.15, -0.1) is 0 Å². The van der Waals surface area contributed by atoms with E-state index in [9.17, 15) is 19.2 Å². The van der Waals surface area contributed by atoms with Gasteiger partial charge in [0.2, 0.25) is 0 Å². The Bertz CT molecular complexity index is 1300. The van der Waals surface area contributed by atoms with Crippen molar-refractivity contribution >= 4 is 11.9 Å². The third kappa shape index (κ3) is 4.84. The van der Waals surface area contributed by atoms with Gasteiger partial charge in [-0.25, -0.2) is 14.4 Å². The van der Waals surface area contributed by atoms with E-state index in [1.165, 1.54) is 10.8 Å². The Morgan fingerprint density at radius 2 is 1.62 bits per heavy atom. The summed E-state index contributed by atoms with van der Waals surface area (Å²) in [6, 6.07) is 16.9. The maximum Gasteiger partial charge on any atom is 0.338 e. The minimum absolute atomic E-state index is 0.102. The molecule has 1 aliphatic rings. The summed E-state index contributed by atoms with van der Waals surface area (Å²) in [5.74, 6) is -1.13. The number of aryl methyl sites for hydroxylation is 1. The fraction of sp³-hybridized carbons (Fsp3) is 0.280. The van der Waals surface area contributed by atoms with E-state index < -0.39 is 41.1 Å². The fourth-order valence-corrected chi connectivity index (χ4v) is 3.80. The summed E-state index contributed by atoms with van der Waals surface area (Å²) in [6.45, 7) is 3.02. The number of aromatic nitrogens is 2. The zero-order valence-corrected chi connectivity index (χ0v) is 18.7. The zero-order chi connectivity index (χ0) is 24.3. The summed E-state index contributed by atoms with van der Waals surface area (Å²) in [4.78, 5) is 51.7. The Labute approximate surface area is 194 Å². The van der Waals surface area contributed by atoms with Gasteiger partial charge in [-0.05, 0) is 38.1 Å². The van der Waals surface area contributed by atoms with Crippen molar-refractivity contribution in [2.75, 3.05) is 6.61 Å². The van der Waals surface area contributed by atoms with Crippen molar-refractivity contribution in [3.63, 3.8) is 0 Å². The number of H-pyrrole nitrogens is 1. The Balaban J connectivity index is 1.59. The molecular formula is C25H24N2O7. The highest BCUT2D eigenvalue weighted by molar-refractivity contribution is 5.90. The van der Waals surface area contributed by atoms with Crippen LogP contribution < -0.4 is 11.2 Å². The van der Waals surface area contributed by atoms with Crippen LogP contribution in [0.15, 0.2) is 76.4 Å². The first kappa shape index (κ1) is 23.2. The van der Waals surface area contributed by atoms with Crippen LogP contribution in [-0.2, 0) is 14.2 Å². The van der Waals surface area contributed by atoms with E-state index in [-0.39, 0.29) is 13.0 Å². The molecule has 0 spiro atoms. The summed E-state index contributed by atoms with van der Waals surface area (Å²) in [5, 5.41) is 0. The number of hydrogen-bond acceptors (Lipinski definition) is 7. The molecule has 9 nitrogen and oxygen atoms in total. The molecule has 3 aromatic rings. The van der Waals surface area contributed by atoms with Gasteiger partial charge >= 0.3 is 17.6 Å². The van der Waals surface area contributed by atoms with E-state index in [1.807, 2.05) is 0 Å². The molecule has 1 fully saturated rings. The van der Waals surface area contributed by atoms with Crippen molar-refractivity contribution < 1.29 is 23.8 Å². The Morgan fingerprint density at radius 3 is 2.24 bits per heavy atom. The number of rotatable bonds is 6. The number of carbonyl (C=O) groups is 2. The number of carbonyl (C=O) groups excluding carboxylic acids is 2. The van der Waals surface area contributed by atoms with Gasteiger partial charge < -0.3 is 14.2 Å². The third-order valence-corrected chi connectivity index (χ3v) is 5.75. The molecule has 0 unspecified atom stereocenters. The van der Waals surface area contributed by atoms with Crippen molar-refractivity contribution in [1.29, 1.82) is 0 Å². The van der Waals surface area contributed by atoms with E-state index >= 15 is 0 Å². The van der Waals surface area contributed by atoms with Crippen LogP contribution in [0, 0.1) is 6.92 Å². The molecule has 1 aromatic heterocycles. The lowest BCUT2D eigenvalue weighted by atomic mass is 9.97. The summed E-state index contributed by atoms with van der Waals surface area (Å²) < 4.78 is 18.6. The second-order valence-electron chi connectivity index (χ2n) is 8.29. The second kappa shape index (κ2) is 9.48. The number of aromatic amines is 1. The van der Waals surface area contributed by atoms with Crippen LogP contribution in [0.2, 0.25) is 0 Å². The first-order valence-corrected chi connectivity index (χ1v) is 10.7. The predicted molar refractivity (Wildman–Crippen MR) is 122 cm³/mol. The Hall–Kier alpha value is -3.98. The van der Waals surface area contributed by atoms with Gasteiger partial charge in [-0.2, -0.15) is 0 Å². The largest absolute Gasteiger partial charge is 0.459 e. The van der Waals surface area contributed by atoms with E-state index in [0.717, 1.165) is 0 Å². The molecule has 9 heteroatoms. The van der Waals surface area contributed by atoms with Gasteiger partial charge in [0.15, 0.2) is 0 Å². The number of ether oxygens (including phenoxy) is 3. The molecule has 2 aromatic carbocycles. The molecule has 176 valence electrons. The van der Waals surface area contributed by atoms with Crippen LogP contribution >= 0.6 is 0 Å². The molecule has 0 bridgehead atoms. The molecule has 0 saturated carbocycles. The quantitative estimate of drug-likeness (QED) is 0.558. The van der Waals surface area contributed by atoms with Crippen LogP contribution in [-0.4, -0.2) is 39.8 Å². The Morgan fingerprint density at radius 1 is 1.03 bits per heavy atom. The van der Waals surface area contributed by atoms with Crippen molar-refractivity contribution in [1.82, 2.24) is 9.55 Å². The third-order valence-electron chi connectivity index (χ3n) is 5.75. The van der Waals surface area contributed by atoms with Crippen LogP contribution in [0.25, 0.3) is 0 Å². The monoisotopic (exact) mass is 464 g/mol. The first-order valence-electron chi connectivity index (χ1n) is 10.7. The molecule has 2 heterocycles. The van der Waals surface area contributed by atoms with Crippen LogP contribution in [0.3, 0.4) is 0 Å². The number of nitrogens with zero attached hydrogens (tertiary/aromatic N) is 1. The highest BCUT2D eigenvalue weighted by Gasteiger charge is 2.50. The van der Waals surface area contributed by atoms with Crippen LogP contribution in [0.4, 0.5) is 0 Å². The predicted octanol–water partition coefficient (Wildman–Crippen LogP) is 2.61. The number of nitrogens with one attached hydrogen (secondary N) is 1. The highest BCUT2D eigenvalue weighted by Crippen LogP contribution is 2.39. The van der Waals surface area contributed by atoms with Gasteiger partial charge in [0.1, 0.15) is 24.5 Å². The Kier molecular flexibility index (Phi) is 6.47. The van der Waals surface area contributed by atoms with Crippen molar-refractivity contribution in [3.05, 3.63) is 104 Å². The molecule has 1 N–H and O–H groups in total. The van der Waals surface area contributed by atoms with E-state index in [0.29, 0.717) is 16.7 Å². The fourth-order valence-electron chi connectivity index (χ4n) is 3.80. The van der Waals surface area contributed by atoms with Crippen molar-refractivity contribution in [2.24, 2.45) is 0 Å². The summed E-state index contributed by atoms with van der Waals surface area (Å²) in [7, 11) is 0. The molecule has 0 aliphatic carbocycles. The van der Waals surface area contributed by atoms with Gasteiger partial charge in [0.25, 0.3) is 5.56 Å². The maximum absolute atomic E-state index is 12.8. The van der Waals surface area contributed by atoms with Crippen LogP contribution in [0.1, 0.15) is 45.9 Å². The minimum Gasteiger partial charge on any atom is -0.459 e. The zero-order valence-electron chi connectivity index (χ0n) is 18.7. The van der Waals surface area contributed by atoms with E-state index in [1.54, 1.807) is 74.5 Å². The van der Waals surface area contributed by atoms with Crippen molar-refractivity contribution in [2.45, 2.75) is 38.2 Å². The average molecular weight is 464 g/mol. The molecule has 4 rings (SSSR count). The summed E-state index contributed by atoms with van der Waals surface area (Å²) in [6.07, 6.45) is -0.220. The summed E-state index contributed by atoms with van der Waals surface area (Å²) in [5.41, 5.74) is -1.33. The number of benzene rings is 2. The molecule has 1 aliphatic heterocycles. The summed E-state index contributed by atoms with van der Waals surface area (Å²) >= 11 is 0. The number of hydrogen-bond donors (Lipinski definition) is 1. The second-order valence-corrected chi connectivity index (χ2v) is 8.29. The van der Waals surface area contributed by atoms with Crippen molar-refractivity contribution in [3.8, 4) is 0 Å². The van der Waals surface area contributed by atoms with Gasteiger partial charge in [-0.3, -0.25) is 14.3 Å². The highest BCUT2D eigenvalue weighted by atomic mass is 16.6. The van der Waals surface area contributed by atoms with Gasteiger partial charge in [-0.1, -0.05) is 36.4 Å². The molecule has 0 amide bonds. The molecule has 1 saturated heterocycles. The number of esters is 2. The molecule has 0 radical (unpaired) electrons.